The van der Waals surface area contributed by atoms with Gasteiger partial charge in [-0.3, -0.25) is 13.9 Å². The summed E-state index contributed by atoms with van der Waals surface area (Å²) < 4.78 is 28.7. The van der Waals surface area contributed by atoms with E-state index in [1.807, 2.05) is 37.3 Å². The monoisotopic (exact) mass is 541 g/mol. The fourth-order valence-corrected chi connectivity index (χ4v) is 5.73. The van der Waals surface area contributed by atoms with Crippen LogP contribution >= 0.6 is 11.6 Å². The number of likely N-dealkylation sites (N-methyl/N-ethyl adjacent to an activating group) is 1. The number of aryl methyl sites for hydroxylation is 2. The lowest BCUT2D eigenvalue weighted by atomic mass is 10.1. The van der Waals surface area contributed by atoms with E-state index in [1.54, 1.807) is 44.2 Å². The molecule has 0 heterocycles. The van der Waals surface area contributed by atoms with Gasteiger partial charge in [0.15, 0.2) is 0 Å². The number of sulfonamides is 1. The maximum Gasteiger partial charge on any atom is 0.264 e. The molecule has 0 unspecified atom stereocenters. The van der Waals surface area contributed by atoms with Crippen molar-refractivity contribution in [2.24, 2.45) is 0 Å². The van der Waals surface area contributed by atoms with Crippen LogP contribution in [0, 0.1) is 13.8 Å². The first-order valence-corrected chi connectivity index (χ1v) is 13.8. The van der Waals surface area contributed by atoms with E-state index in [4.69, 9.17) is 11.6 Å². The third-order valence-electron chi connectivity index (χ3n) is 6.21. The average molecular weight is 542 g/mol. The van der Waals surface area contributed by atoms with Crippen molar-refractivity contribution in [3.8, 4) is 0 Å². The van der Waals surface area contributed by atoms with E-state index in [2.05, 4.69) is 5.32 Å². The predicted octanol–water partition coefficient (Wildman–Crippen LogP) is 4.36. The van der Waals surface area contributed by atoms with Crippen LogP contribution in [0.25, 0.3) is 0 Å². The molecule has 0 fully saturated rings. The summed E-state index contributed by atoms with van der Waals surface area (Å²) in [4.78, 5) is 27.7. The van der Waals surface area contributed by atoms with Gasteiger partial charge < -0.3 is 10.2 Å². The zero-order chi connectivity index (χ0) is 27.2. The second kappa shape index (κ2) is 12.3. The number of nitrogens with one attached hydrogen (secondary N) is 1. The van der Waals surface area contributed by atoms with Crippen molar-refractivity contribution >= 4 is 39.1 Å². The number of amides is 2. The van der Waals surface area contributed by atoms with Crippen LogP contribution in [0.2, 0.25) is 5.02 Å². The molecule has 9 heteroatoms. The third kappa shape index (κ3) is 6.90. The van der Waals surface area contributed by atoms with Gasteiger partial charge in [-0.05, 0) is 68.7 Å². The summed E-state index contributed by atoms with van der Waals surface area (Å²) in [5.41, 5.74) is 2.86. The summed E-state index contributed by atoms with van der Waals surface area (Å²) in [6, 6.07) is 20.1. The molecule has 196 valence electrons. The minimum Gasteiger partial charge on any atom is -0.357 e. The van der Waals surface area contributed by atoms with E-state index >= 15 is 0 Å². The molecule has 3 rings (SSSR count). The summed E-state index contributed by atoms with van der Waals surface area (Å²) in [6.07, 6.45) is 0.512. The highest BCUT2D eigenvalue weighted by Gasteiger charge is 2.32. The minimum absolute atomic E-state index is 0.0652. The molecule has 0 saturated carbocycles. The van der Waals surface area contributed by atoms with Gasteiger partial charge in [-0.15, -0.1) is 0 Å². The molecule has 3 aromatic carbocycles. The fourth-order valence-electron chi connectivity index (χ4n) is 4.03. The van der Waals surface area contributed by atoms with Crippen LogP contribution in [0.15, 0.2) is 77.7 Å². The molecule has 0 spiro atoms. The number of carbonyl (C=O) groups excluding carboxylic acids is 2. The van der Waals surface area contributed by atoms with Crippen LogP contribution in [0.1, 0.15) is 23.6 Å². The van der Waals surface area contributed by atoms with E-state index in [0.717, 1.165) is 15.4 Å². The van der Waals surface area contributed by atoms with E-state index < -0.39 is 28.5 Å². The molecule has 3 aromatic rings. The summed E-state index contributed by atoms with van der Waals surface area (Å²) in [7, 11) is -2.61. The maximum atomic E-state index is 13.8. The van der Waals surface area contributed by atoms with Gasteiger partial charge >= 0.3 is 0 Å². The molecule has 37 heavy (non-hydrogen) atoms. The summed E-state index contributed by atoms with van der Waals surface area (Å²) in [5, 5.41) is 3.04. The highest BCUT2D eigenvalue weighted by molar-refractivity contribution is 7.92. The molecular formula is C28H32ClN3O4S. The Labute approximate surface area is 224 Å². The van der Waals surface area contributed by atoms with Crippen molar-refractivity contribution in [3.05, 3.63) is 94.5 Å². The highest BCUT2D eigenvalue weighted by Crippen LogP contribution is 2.29. The van der Waals surface area contributed by atoms with Crippen molar-refractivity contribution in [3.63, 3.8) is 0 Å². The summed E-state index contributed by atoms with van der Waals surface area (Å²) in [5.74, 6) is -0.825. The van der Waals surface area contributed by atoms with E-state index in [9.17, 15) is 18.0 Å². The van der Waals surface area contributed by atoms with E-state index in [-0.39, 0.29) is 17.3 Å². The van der Waals surface area contributed by atoms with Gasteiger partial charge in [0.05, 0.1) is 10.6 Å². The Morgan fingerprint density at radius 2 is 1.62 bits per heavy atom. The Hall–Kier alpha value is -3.36. The molecule has 2 amide bonds. The van der Waals surface area contributed by atoms with Crippen LogP contribution in [-0.2, 0) is 26.0 Å². The lowest BCUT2D eigenvalue weighted by Gasteiger charge is -2.32. The van der Waals surface area contributed by atoms with Crippen molar-refractivity contribution in [2.45, 2.75) is 38.1 Å². The molecule has 0 saturated heterocycles. The Morgan fingerprint density at radius 3 is 2.22 bits per heavy atom. The summed E-state index contributed by atoms with van der Waals surface area (Å²) in [6.45, 7) is 5.01. The van der Waals surface area contributed by atoms with Crippen LogP contribution in [0.3, 0.4) is 0 Å². The molecule has 0 bridgehead atoms. The Morgan fingerprint density at radius 1 is 0.973 bits per heavy atom. The standard InChI is InChI=1S/C28H32ClN3O4S/c1-20-10-13-25(14-11-20)37(35,36)32(26-15-12-24(29)18-21(26)2)19-27(33)31(22(3)28(34)30-4)17-16-23-8-6-5-7-9-23/h5-15,18,22H,16-17,19H2,1-4H3,(H,30,34)/t22-/m1/s1. The number of carbonyl (C=O) groups is 2. The van der Waals surface area contributed by atoms with Crippen molar-refractivity contribution in [1.29, 1.82) is 0 Å². The molecule has 7 nitrogen and oxygen atoms in total. The first-order valence-electron chi connectivity index (χ1n) is 11.9. The van der Waals surface area contributed by atoms with Gasteiger partial charge in [-0.1, -0.05) is 59.6 Å². The van der Waals surface area contributed by atoms with Crippen LogP contribution in [0.5, 0.6) is 0 Å². The lowest BCUT2D eigenvalue weighted by molar-refractivity contribution is -0.138. The van der Waals surface area contributed by atoms with Crippen molar-refractivity contribution in [2.75, 3.05) is 24.4 Å². The number of halogens is 1. The third-order valence-corrected chi connectivity index (χ3v) is 8.22. The van der Waals surface area contributed by atoms with Gasteiger partial charge in [0, 0.05) is 18.6 Å². The number of benzene rings is 3. The Balaban J connectivity index is 2.01. The average Bonchev–Trinajstić information content (AvgIpc) is 2.88. The molecule has 0 radical (unpaired) electrons. The molecule has 1 N–H and O–H groups in total. The lowest BCUT2D eigenvalue weighted by Crippen LogP contribution is -2.51. The van der Waals surface area contributed by atoms with Crippen LogP contribution < -0.4 is 9.62 Å². The first-order chi connectivity index (χ1) is 17.5. The number of nitrogens with zero attached hydrogens (tertiary/aromatic N) is 2. The molecule has 0 aliphatic rings. The Bertz CT molecular complexity index is 1350. The number of hydrogen-bond acceptors (Lipinski definition) is 4. The van der Waals surface area contributed by atoms with Crippen LogP contribution in [-0.4, -0.2) is 51.3 Å². The minimum atomic E-state index is -4.11. The quantitative estimate of drug-likeness (QED) is 0.413. The molecule has 0 aromatic heterocycles. The number of anilines is 1. The smallest absolute Gasteiger partial charge is 0.264 e. The van der Waals surface area contributed by atoms with Crippen molar-refractivity contribution in [1.82, 2.24) is 10.2 Å². The maximum absolute atomic E-state index is 13.8. The van der Waals surface area contributed by atoms with Gasteiger partial charge in [0.25, 0.3) is 10.0 Å². The van der Waals surface area contributed by atoms with Crippen LogP contribution in [0.4, 0.5) is 5.69 Å². The largest absolute Gasteiger partial charge is 0.357 e. The highest BCUT2D eigenvalue weighted by atomic mass is 35.5. The molecule has 1 atom stereocenters. The van der Waals surface area contributed by atoms with E-state index in [1.165, 1.54) is 24.1 Å². The second-order valence-corrected chi connectivity index (χ2v) is 11.2. The molecule has 0 aliphatic carbocycles. The number of rotatable bonds is 10. The van der Waals surface area contributed by atoms with Gasteiger partial charge in [-0.25, -0.2) is 8.42 Å². The first kappa shape index (κ1) is 28.2. The summed E-state index contributed by atoms with van der Waals surface area (Å²) >= 11 is 6.13. The predicted molar refractivity (Wildman–Crippen MR) is 147 cm³/mol. The Kier molecular flexibility index (Phi) is 9.34. The van der Waals surface area contributed by atoms with E-state index in [0.29, 0.717) is 22.7 Å². The molecule has 0 aliphatic heterocycles. The molecular weight excluding hydrogens is 510 g/mol. The zero-order valence-electron chi connectivity index (χ0n) is 21.4. The second-order valence-electron chi connectivity index (χ2n) is 8.87. The zero-order valence-corrected chi connectivity index (χ0v) is 23.0. The fraction of sp³-hybridized carbons (Fsp3) is 0.286. The van der Waals surface area contributed by atoms with Gasteiger partial charge in [0.1, 0.15) is 12.6 Å². The number of hydrogen-bond donors (Lipinski definition) is 1. The van der Waals surface area contributed by atoms with Crippen molar-refractivity contribution < 1.29 is 18.0 Å². The normalized spacial score (nSPS) is 12.0. The topological polar surface area (TPSA) is 86.8 Å². The van der Waals surface area contributed by atoms with Gasteiger partial charge in [0.2, 0.25) is 11.8 Å². The van der Waals surface area contributed by atoms with Gasteiger partial charge in [-0.2, -0.15) is 0 Å². The SMILES string of the molecule is CNC(=O)[C@@H](C)N(CCc1ccccc1)C(=O)CN(c1ccc(Cl)cc1C)S(=O)(=O)c1ccc(C)cc1.